The predicted octanol–water partition coefficient (Wildman–Crippen LogP) is 4.85. The van der Waals surface area contributed by atoms with Crippen LogP contribution in [-0.4, -0.2) is 14.6 Å². The first-order valence-electron chi connectivity index (χ1n) is 8.67. The summed E-state index contributed by atoms with van der Waals surface area (Å²) in [6, 6.07) is 18.1. The van der Waals surface area contributed by atoms with Crippen molar-refractivity contribution in [1.29, 1.82) is 0 Å². The molecule has 2 heterocycles. The molecule has 5 heteroatoms. The van der Waals surface area contributed by atoms with Crippen LogP contribution < -0.4 is 11.1 Å². The summed E-state index contributed by atoms with van der Waals surface area (Å²) in [4.78, 5) is 4.74. The number of fused-ring (bicyclic) bond motifs is 1. The molecular weight excluding hydrogens is 322 g/mol. The maximum atomic E-state index is 5.91. The third-order valence-corrected chi connectivity index (χ3v) is 4.42. The van der Waals surface area contributed by atoms with Crippen molar-refractivity contribution in [3.8, 4) is 11.1 Å². The molecule has 5 nitrogen and oxygen atoms in total. The second-order valence-corrected chi connectivity index (χ2v) is 6.67. The lowest BCUT2D eigenvalue weighted by Crippen LogP contribution is -1.98. The van der Waals surface area contributed by atoms with Crippen LogP contribution in [0.2, 0.25) is 0 Å². The van der Waals surface area contributed by atoms with E-state index in [0.29, 0.717) is 5.92 Å². The van der Waals surface area contributed by atoms with E-state index < -0.39 is 0 Å². The van der Waals surface area contributed by atoms with Crippen LogP contribution in [0, 0.1) is 0 Å². The smallest absolute Gasteiger partial charge is 0.165 e. The van der Waals surface area contributed by atoms with Crippen molar-refractivity contribution < 1.29 is 0 Å². The van der Waals surface area contributed by atoms with Gasteiger partial charge in [0.15, 0.2) is 5.65 Å². The van der Waals surface area contributed by atoms with E-state index in [1.54, 1.807) is 4.52 Å². The van der Waals surface area contributed by atoms with Gasteiger partial charge in [-0.2, -0.15) is 5.10 Å². The molecule has 0 spiro atoms. The van der Waals surface area contributed by atoms with Crippen molar-refractivity contribution >= 4 is 22.8 Å². The highest BCUT2D eigenvalue weighted by Crippen LogP contribution is 2.26. The molecule has 2 aromatic carbocycles. The Balaban J connectivity index is 1.67. The van der Waals surface area contributed by atoms with E-state index in [4.69, 9.17) is 10.7 Å². The lowest BCUT2D eigenvalue weighted by molar-refractivity contribution is 0.867. The van der Waals surface area contributed by atoms with Crippen molar-refractivity contribution in [2.45, 2.75) is 19.8 Å². The first-order chi connectivity index (χ1) is 12.6. The number of nitrogens with one attached hydrogen (secondary N) is 1. The summed E-state index contributed by atoms with van der Waals surface area (Å²) in [6.07, 6.45) is 3.72. The third kappa shape index (κ3) is 3.11. The second kappa shape index (κ2) is 6.52. The summed E-state index contributed by atoms with van der Waals surface area (Å²) in [6.45, 7) is 4.38. The highest BCUT2D eigenvalue weighted by molar-refractivity contribution is 5.79. The molecule has 0 unspecified atom stereocenters. The zero-order valence-electron chi connectivity index (χ0n) is 14.8. The van der Waals surface area contributed by atoms with E-state index in [1.165, 1.54) is 5.56 Å². The van der Waals surface area contributed by atoms with E-state index in [0.717, 1.165) is 34.0 Å². The first-order valence-corrected chi connectivity index (χ1v) is 8.67. The molecule has 26 heavy (non-hydrogen) atoms. The standard InChI is InChI=1S/C21H21N5/c1-14(2)15-6-8-18(9-7-15)24-20-10-11-26-21(25-20)19(13-23-26)16-4-3-5-17(22)12-16/h3-14H,22H2,1-2H3,(H,24,25). The van der Waals surface area contributed by atoms with Gasteiger partial charge in [-0.1, -0.05) is 38.1 Å². The van der Waals surface area contributed by atoms with Crippen LogP contribution in [0.4, 0.5) is 17.2 Å². The van der Waals surface area contributed by atoms with Crippen LogP contribution in [0.15, 0.2) is 67.0 Å². The van der Waals surface area contributed by atoms with Crippen molar-refractivity contribution in [3.05, 3.63) is 72.6 Å². The Bertz CT molecular complexity index is 1050. The number of nitrogens with zero attached hydrogens (tertiary/aromatic N) is 3. The van der Waals surface area contributed by atoms with Crippen LogP contribution in [0.3, 0.4) is 0 Å². The minimum Gasteiger partial charge on any atom is -0.399 e. The number of rotatable bonds is 4. The van der Waals surface area contributed by atoms with Gasteiger partial charge in [-0.15, -0.1) is 0 Å². The van der Waals surface area contributed by atoms with E-state index in [1.807, 2.05) is 42.7 Å². The number of hydrogen-bond acceptors (Lipinski definition) is 4. The Hall–Kier alpha value is -3.34. The lowest BCUT2D eigenvalue weighted by atomic mass is 10.0. The molecule has 4 rings (SSSR count). The number of aromatic nitrogens is 3. The van der Waals surface area contributed by atoms with Crippen molar-refractivity contribution in [2.75, 3.05) is 11.1 Å². The number of hydrogen-bond donors (Lipinski definition) is 2. The number of anilines is 3. The van der Waals surface area contributed by atoms with Crippen molar-refractivity contribution in [3.63, 3.8) is 0 Å². The molecule has 0 aliphatic heterocycles. The fraction of sp³-hybridized carbons (Fsp3) is 0.143. The SMILES string of the molecule is CC(C)c1ccc(Nc2ccn3ncc(-c4cccc(N)c4)c3n2)cc1. The summed E-state index contributed by atoms with van der Waals surface area (Å²) in [5, 5.41) is 7.75. The van der Waals surface area contributed by atoms with Gasteiger partial charge in [-0.3, -0.25) is 0 Å². The van der Waals surface area contributed by atoms with Gasteiger partial charge in [0.2, 0.25) is 0 Å². The fourth-order valence-electron chi connectivity index (χ4n) is 2.95. The first kappa shape index (κ1) is 16.1. The molecule has 0 aliphatic rings. The second-order valence-electron chi connectivity index (χ2n) is 6.67. The van der Waals surface area contributed by atoms with E-state index >= 15 is 0 Å². The van der Waals surface area contributed by atoms with Crippen LogP contribution in [0.1, 0.15) is 25.3 Å². The van der Waals surface area contributed by atoms with E-state index in [-0.39, 0.29) is 0 Å². The quantitative estimate of drug-likeness (QED) is 0.520. The van der Waals surface area contributed by atoms with Crippen LogP contribution in [0.25, 0.3) is 16.8 Å². The Labute approximate surface area is 152 Å². The van der Waals surface area contributed by atoms with Gasteiger partial charge in [0.05, 0.1) is 6.20 Å². The van der Waals surface area contributed by atoms with Crippen molar-refractivity contribution in [1.82, 2.24) is 14.6 Å². The Kier molecular flexibility index (Phi) is 4.05. The minimum atomic E-state index is 0.520. The molecule has 0 saturated carbocycles. The Morgan fingerprint density at radius 1 is 1.04 bits per heavy atom. The van der Waals surface area contributed by atoms with Crippen LogP contribution in [-0.2, 0) is 0 Å². The topological polar surface area (TPSA) is 68.2 Å². The summed E-state index contributed by atoms with van der Waals surface area (Å²) in [7, 11) is 0. The summed E-state index contributed by atoms with van der Waals surface area (Å²) in [5.74, 6) is 1.30. The molecular formula is C21H21N5. The fourth-order valence-corrected chi connectivity index (χ4v) is 2.95. The van der Waals surface area contributed by atoms with Gasteiger partial charge in [-0.05, 0) is 47.4 Å². The number of nitrogen functional groups attached to an aromatic ring is 1. The third-order valence-electron chi connectivity index (χ3n) is 4.42. The summed E-state index contributed by atoms with van der Waals surface area (Å²) >= 11 is 0. The van der Waals surface area contributed by atoms with Crippen LogP contribution >= 0.6 is 0 Å². The zero-order valence-corrected chi connectivity index (χ0v) is 14.8. The predicted molar refractivity (Wildman–Crippen MR) is 107 cm³/mol. The molecule has 0 radical (unpaired) electrons. The number of benzene rings is 2. The molecule has 0 atom stereocenters. The molecule has 0 bridgehead atoms. The highest BCUT2D eigenvalue weighted by Gasteiger charge is 2.09. The Morgan fingerprint density at radius 3 is 2.58 bits per heavy atom. The zero-order chi connectivity index (χ0) is 18.1. The molecule has 130 valence electrons. The van der Waals surface area contributed by atoms with Gasteiger partial charge in [-0.25, -0.2) is 9.50 Å². The van der Waals surface area contributed by atoms with Gasteiger partial charge in [0, 0.05) is 23.1 Å². The average Bonchev–Trinajstić information content (AvgIpc) is 3.05. The largest absolute Gasteiger partial charge is 0.399 e. The van der Waals surface area contributed by atoms with E-state index in [2.05, 4.69) is 48.5 Å². The van der Waals surface area contributed by atoms with Crippen LogP contribution in [0.5, 0.6) is 0 Å². The van der Waals surface area contributed by atoms with Crippen molar-refractivity contribution in [2.24, 2.45) is 0 Å². The Morgan fingerprint density at radius 2 is 1.85 bits per heavy atom. The monoisotopic (exact) mass is 343 g/mol. The van der Waals surface area contributed by atoms with E-state index in [9.17, 15) is 0 Å². The maximum absolute atomic E-state index is 5.91. The van der Waals surface area contributed by atoms with Gasteiger partial charge in [0.25, 0.3) is 0 Å². The molecule has 2 aromatic heterocycles. The molecule has 4 aromatic rings. The average molecular weight is 343 g/mol. The van der Waals surface area contributed by atoms with Gasteiger partial charge in [0.1, 0.15) is 5.82 Å². The summed E-state index contributed by atoms with van der Waals surface area (Å²) < 4.78 is 1.77. The highest BCUT2D eigenvalue weighted by atomic mass is 15.2. The molecule has 0 fully saturated rings. The molecule has 0 amide bonds. The molecule has 0 saturated heterocycles. The van der Waals surface area contributed by atoms with Gasteiger partial charge < -0.3 is 11.1 Å². The molecule has 3 N–H and O–H groups in total. The maximum Gasteiger partial charge on any atom is 0.165 e. The summed E-state index contributed by atoms with van der Waals surface area (Å²) in [5.41, 5.74) is 11.7. The normalized spacial score (nSPS) is 11.2. The molecule has 0 aliphatic carbocycles. The number of nitrogens with two attached hydrogens (primary N) is 1. The lowest BCUT2D eigenvalue weighted by Gasteiger charge is -2.09. The minimum absolute atomic E-state index is 0.520. The van der Waals surface area contributed by atoms with Gasteiger partial charge >= 0.3 is 0 Å².